The highest BCUT2D eigenvalue weighted by Crippen LogP contribution is 2.37. The Balaban J connectivity index is 1.43. The van der Waals surface area contributed by atoms with E-state index >= 15 is 0 Å². The van der Waals surface area contributed by atoms with Gasteiger partial charge in [0.25, 0.3) is 10.0 Å². The van der Waals surface area contributed by atoms with Crippen molar-refractivity contribution in [2.24, 2.45) is 0 Å². The highest BCUT2D eigenvalue weighted by Gasteiger charge is 2.25. The summed E-state index contributed by atoms with van der Waals surface area (Å²) in [5.74, 6) is 1.75. The molecule has 0 radical (unpaired) electrons. The third-order valence-corrected chi connectivity index (χ3v) is 8.64. The summed E-state index contributed by atoms with van der Waals surface area (Å²) in [5, 5.41) is 4.10. The van der Waals surface area contributed by atoms with Crippen molar-refractivity contribution in [3.8, 4) is 22.6 Å². The number of hydrogen-bond donors (Lipinski definition) is 2. The van der Waals surface area contributed by atoms with Crippen molar-refractivity contribution >= 4 is 43.7 Å². The van der Waals surface area contributed by atoms with Crippen LogP contribution in [0.1, 0.15) is 11.1 Å². The molecule has 3 aromatic heterocycles. The van der Waals surface area contributed by atoms with Crippen LogP contribution < -0.4 is 20.5 Å². The lowest BCUT2D eigenvalue weighted by molar-refractivity contribution is 0.305. The molecule has 0 saturated heterocycles. The van der Waals surface area contributed by atoms with Crippen molar-refractivity contribution in [1.29, 1.82) is 0 Å². The molecule has 0 amide bonds. The first-order valence-electron chi connectivity index (χ1n) is 13.1. The number of hydrogen-bond acceptors (Lipinski definition) is 9. The second-order valence-electron chi connectivity index (χ2n) is 9.75. The molecule has 0 saturated carbocycles. The molecule has 11 heteroatoms. The molecule has 0 atom stereocenters. The van der Waals surface area contributed by atoms with E-state index in [9.17, 15) is 8.42 Å². The third-order valence-electron chi connectivity index (χ3n) is 6.98. The largest absolute Gasteiger partial charge is 0.497 e. The monoisotopic (exact) mass is 580 g/mol. The fourth-order valence-electron chi connectivity index (χ4n) is 4.71. The molecule has 3 N–H and O–H groups in total. The van der Waals surface area contributed by atoms with Crippen molar-refractivity contribution in [3.05, 3.63) is 96.3 Å². The number of nitrogens with two attached hydrogens (primary N) is 1. The Kier molecular flexibility index (Phi) is 6.87. The predicted molar refractivity (Wildman–Crippen MR) is 163 cm³/mol. The van der Waals surface area contributed by atoms with Crippen LogP contribution in [0.3, 0.4) is 0 Å². The summed E-state index contributed by atoms with van der Waals surface area (Å²) in [5.41, 5.74) is 10.6. The fourth-order valence-corrected chi connectivity index (χ4v) is 6.02. The molecule has 0 bridgehead atoms. The van der Waals surface area contributed by atoms with Crippen molar-refractivity contribution in [3.63, 3.8) is 0 Å². The first-order chi connectivity index (χ1) is 20.3. The van der Waals surface area contributed by atoms with Gasteiger partial charge in [-0.15, -0.1) is 0 Å². The lowest BCUT2D eigenvalue weighted by Gasteiger charge is -2.09. The fraction of sp³-hybridized carbons (Fsp3) is 0.129. The molecule has 0 spiro atoms. The Morgan fingerprint density at radius 2 is 1.71 bits per heavy atom. The molecule has 6 aromatic rings. The quantitative estimate of drug-likeness (QED) is 0.243. The van der Waals surface area contributed by atoms with Crippen LogP contribution in [0.15, 0.2) is 90.1 Å². The number of nitrogen functional groups attached to an aromatic ring is 1. The molecule has 42 heavy (non-hydrogen) atoms. The van der Waals surface area contributed by atoms with Crippen LogP contribution in [-0.2, 0) is 16.6 Å². The van der Waals surface area contributed by atoms with E-state index in [1.54, 1.807) is 50.8 Å². The van der Waals surface area contributed by atoms with E-state index in [-0.39, 0.29) is 22.3 Å². The summed E-state index contributed by atoms with van der Waals surface area (Å²) in [6, 6.07) is 21.9. The minimum atomic E-state index is -4.00. The Morgan fingerprint density at radius 3 is 2.43 bits per heavy atom. The Hall–Kier alpha value is -5.16. The number of aryl methyl sites for hydroxylation is 1. The van der Waals surface area contributed by atoms with E-state index in [0.717, 1.165) is 37.3 Å². The normalized spacial score (nSPS) is 11.6. The molecule has 6 rings (SSSR count). The molecule has 0 aliphatic rings. The molecular formula is C31H28N6O4S. The number of benzene rings is 3. The predicted octanol–water partition coefficient (Wildman–Crippen LogP) is 5.40. The standard InChI is InChI=1S/C31H28N6O4S/c1-19-4-11-25(12-5-19)42(38,39)37-17-26(28-29(32)35-31(33-2)36-30(28)37)21-8-13-27-22(14-21)15-24(16-34-27)41-18-20-6-9-23(40-3)10-7-20/h4-17H,18H2,1-3H3,(H3,32,33,35,36). The van der Waals surface area contributed by atoms with Crippen LogP contribution in [0.2, 0.25) is 0 Å². The van der Waals surface area contributed by atoms with Gasteiger partial charge in [0.1, 0.15) is 23.9 Å². The maximum absolute atomic E-state index is 13.8. The highest BCUT2D eigenvalue weighted by atomic mass is 32.2. The molecule has 0 aliphatic heterocycles. The number of methoxy groups -OCH3 is 1. The van der Waals surface area contributed by atoms with Crippen molar-refractivity contribution in [2.75, 3.05) is 25.2 Å². The van der Waals surface area contributed by atoms with E-state index in [1.807, 2.05) is 55.5 Å². The number of aromatic nitrogens is 4. The van der Waals surface area contributed by atoms with Gasteiger partial charge in [-0.1, -0.05) is 35.9 Å². The summed E-state index contributed by atoms with van der Waals surface area (Å²) in [4.78, 5) is 13.5. The van der Waals surface area contributed by atoms with Crippen LogP contribution in [0, 0.1) is 6.92 Å². The SMILES string of the molecule is CNc1nc(N)c2c(-c3ccc4ncc(OCc5ccc(OC)cc5)cc4c3)cn(S(=O)(=O)c3ccc(C)cc3)c2n1. The Labute approximate surface area is 242 Å². The zero-order valence-corrected chi connectivity index (χ0v) is 24.0. The number of nitrogens with one attached hydrogen (secondary N) is 1. The van der Waals surface area contributed by atoms with Gasteiger partial charge in [-0.2, -0.15) is 9.97 Å². The Bertz CT molecular complexity index is 2040. The van der Waals surface area contributed by atoms with E-state index in [0.29, 0.717) is 23.3 Å². The second kappa shape index (κ2) is 10.7. The summed E-state index contributed by atoms with van der Waals surface area (Å²) >= 11 is 0. The molecular weight excluding hydrogens is 552 g/mol. The van der Waals surface area contributed by atoms with Gasteiger partial charge < -0.3 is 20.5 Å². The minimum absolute atomic E-state index is 0.140. The first kappa shape index (κ1) is 27.0. The second-order valence-corrected chi connectivity index (χ2v) is 11.6. The van der Waals surface area contributed by atoms with E-state index in [1.165, 1.54) is 0 Å². The smallest absolute Gasteiger partial charge is 0.269 e. The molecule has 10 nitrogen and oxygen atoms in total. The highest BCUT2D eigenvalue weighted by molar-refractivity contribution is 7.90. The number of nitrogens with zero attached hydrogens (tertiary/aromatic N) is 4. The first-order valence-corrected chi connectivity index (χ1v) is 14.6. The number of anilines is 2. The number of ether oxygens (including phenoxy) is 2. The lowest BCUT2D eigenvalue weighted by Crippen LogP contribution is -2.13. The number of fused-ring (bicyclic) bond motifs is 2. The van der Waals surface area contributed by atoms with Gasteiger partial charge >= 0.3 is 0 Å². The summed E-state index contributed by atoms with van der Waals surface area (Å²) in [7, 11) is -0.722. The average Bonchev–Trinajstić information content (AvgIpc) is 3.41. The zero-order valence-electron chi connectivity index (χ0n) is 23.2. The zero-order chi connectivity index (χ0) is 29.4. The van der Waals surface area contributed by atoms with Gasteiger partial charge in [-0.3, -0.25) is 4.98 Å². The van der Waals surface area contributed by atoms with Crippen molar-refractivity contribution in [2.45, 2.75) is 18.4 Å². The van der Waals surface area contributed by atoms with Crippen LogP contribution in [0.4, 0.5) is 11.8 Å². The summed E-state index contributed by atoms with van der Waals surface area (Å²) in [6.45, 7) is 2.26. The topological polar surface area (TPSA) is 134 Å². The van der Waals surface area contributed by atoms with E-state index in [4.69, 9.17) is 15.2 Å². The van der Waals surface area contributed by atoms with E-state index in [2.05, 4.69) is 20.3 Å². The number of rotatable bonds is 8. The molecule has 0 unspecified atom stereocenters. The molecule has 212 valence electrons. The van der Waals surface area contributed by atoms with Crippen LogP contribution in [-0.4, -0.2) is 41.5 Å². The van der Waals surface area contributed by atoms with Crippen molar-refractivity contribution in [1.82, 2.24) is 18.9 Å². The van der Waals surface area contributed by atoms with Crippen LogP contribution in [0.5, 0.6) is 11.5 Å². The molecule has 0 fully saturated rings. The molecule has 3 aromatic carbocycles. The molecule has 0 aliphatic carbocycles. The maximum atomic E-state index is 13.8. The van der Waals surface area contributed by atoms with Gasteiger partial charge in [0.15, 0.2) is 5.65 Å². The van der Waals surface area contributed by atoms with E-state index < -0.39 is 10.0 Å². The van der Waals surface area contributed by atoms with Crippen LogP contribution >= 0.6 is 0 Å². The van der Waals surface area contributed by atoms with Gasteiger partial charge in [-0.25, -0.2) is 12.4 Å². The lowest BCUT2D eigenvalue weighted by atomic mass is 10.0. The summed E-state index contributed by atoms with van der Waals surface area (Å²) in [6.07, 6.45) is 3.22. The third kappa shape index (κ3) is 4.94. The Morgan fingerprint density at radius 1 is 0.952 bits per heavy atom. The van der Waals surface area contributed by atoms with Gasteiger partial charge in [0.2, 0.25) is 5.95 Å². The number of pyridine rings is 1. The van der Waals surface area contributed by atoms with Gasteiger partial charge in [0.05, 0.1) is 29.1 Å². The van der Waals surface area contributed by atoms with Crippen LogP contribution in [0.25, 0.3) is 33.1 Å². The van der Waals surface area contributed by atoms with Gasteiger partial charge in [-0.05, 0) is 60.5 Å². The minimum Gasteiger partial charge on any atom is -0.497 e. The molecule has 3 heterocycles. The maximum Gasteiger partial charge on any atom is 0.269 e. The van der Waals surface area contributed by atoms with Crippen molar-refractivity contribution < 1.29 is 17.9 Å². The van der Waals surface area contributed by atoms with Gasteiger partial charge in [0, 0.05) is 24.2 Å². The average molecular weight is 581 g/mol. The summed E-state index contributed by atoms with van der Waals surface area (Å²) < 4.78 is 40.0.